The maximum Gasteiger partial charge on any atom is 0.348 e. The lowest BCUT2D eigenvalue weighted by Gasteiger charge is -2.05. The number of ether oxygens (including phenoxy) is 1. The Kier molecular flexibility index (Phi) is 6.73. The summed E-state index contributed by atoms with van der Waals surface area (Å²) in [6, 6.07) is 17.4. The Morgan fingerprint density at radius 2 is 1.80 bits per heavy atom. The predicted molar refractivity (Wildman–Crippen MR) is 90.0 cm³/mol. The molecule has 0 atom stereocenters. The van der Waals surface area contributed by atoms with Crippen LogP contribution in [0.2, 0.25) is 0 Å². The maximum atomic E-state index is 12.3. The zero-order valence-corrected chi connectivity index (χ0v) is 15.6. The van der Waals surface area contributed by atoms with Crippen molar-refractivity contribution in [3.8, 4) is 0 Å². The summed E-state index contributed by atoms with van der Waals surface area (Å²) >= 11 is 0. The lowest BCUT2D eigenvalue weighted by atomic mass is 10.2. The van der Waals surface area contributed by atoms with Gasteiger partial charge in [0.25, 0.3) is 5.82 Å². The number of aromatic nitrogens is 2. The van der Waals surface area contributed by atoms with Gasteiger partial charge in [0.15, 0.2) is 17.6 Å². The number of fused-ring (bicyclic) bond motifs is 1. The molecule has 0 amide bonds. The normalized spacial score (nSPS) is 10.5. The molecule has 1 heterocycles. The van der Waals surface area contributed by atoms with Crippen LogP contribution in [0.3, 0.4) is 0 Å². The third-order valence-corrected chi connectivity index (χ3v) is 4.07. The van der Waals surface area contributed by atoms with Crippen LogP contribution >= 0.6 is 0 Å². The summed E-state index contributed by atoms with van der Waals surface area (Å²) in [6.45, 7) is 2.94. The van der Waals surface area contributed by atoms with Gasteiger partial charge in [-0.3, -0.25) is 0 Å². The molecule has 0 radical (unpaired) electrons. The van der Waals surface area contributed by atoms with E-state index in [2.05, 4.69) is 0 Å². The molecule has 132 valence electrons. The molecule has 0 saturated carbocycles. The lowest BCUT2D eigenvalue weighted by Crippen LogP contribution is -3.00. The number of carbonyl (C=O) groups is 1. The summed E-state index contributed by atoms with van der Waals surface area (Å²) in [4.78, 5) is 12.3. The molecular weight excluding hydrogens is 384 g/mol. The van der Waals surface area contributed by atoms with Gasteiger partial charge < -0.3 is 26.8 Å². The molecule has 0 unspecified atom stereocenters. The molecule has 0 aliphatic carbocycles. The van der Waals surface area contributed by atoms with Crippen LogP contribution < -0.4 is 21.5 Å². The molecule has 25 heavy (non-hydrogen) atoms. The van der Waals surface area contributed by atoms with Crippen molar-refractivity contribution in [3.63, 3.8) is 0 Å². The molecule has 0 aliphatic rings. The number of aryl methyl sites for hydroxylation is 1. The Hall–Kier alpha value is -2.18. The molecule has 5 nitrogen and oxygen atoms in total. The Morgan fingerprint density at radius 1 is 1.12 bits per heavy atom. The minimum absolute atomic E-state index is 0. The van der Waals surface area contributed by atoms with Gasteiger partial charge in [0.05, 0.1) is 6.54 Å². The van der Waals surface area contributed by atoms with E-state index in [9.17, 15) is 9.90 Å². The first-order valence-corrected chi connectivity index (χ1v) is 8.05. The van der Waals surface area contributed by atoms with Gasteiger partial charge in [-0.1, -0.05) is 42.5 Å². The lowest BCUT2D eigenvalue weighted by molar-refractivity contribution is -0.670. The van der Waals surface area contributed by atoms with E-state index in [1.165, 1.54) is 0 Å². The van der Waals surface area contributed by atoms with Crippen molar-refractivity contribution in [3.05, 3.63) is 66.0 Å². The van der Waals surface area contributed by atoms with Crippen LogP contribution in [0.5, 0.6) is 0 Å². The largest absolute Gasteiger partial charge is 1.00 e. The minimum Gasteiger partial charge on any atom is -1.00 e. The second kappa shape index (κ2) is 8.78. The van der Waals surface area contributed by atoms with Gasteiger partial charge in [0, 0.05) is 0 Å². The van der Waals surface area contributed by atoms with Crippen LogP contribution in [0.4, 0.5) is 0 Å². The van der Waals surface area contributed by atoms with E-state index in [0.29, 0.717) is 5.82 Å². The number of hydrogen-bond acceptors (Lipinski definition) is 3. The molecule has 1 aromatic heterocycles. The molecule has 2 aromatic carbocycles. The second-order valence-electron chi connectivity index (χ2n) is 5.54. The number of rotatable bonds is 6. The van der Waals surface area contributed by atoms with Crippen LogP contribution in [0.15, 0.2) is 54.6 Å². The second-order valence-corrected chi connectivity index (χ2v) is 5.54. The fourth-order valence-electron chi connectivity index (χ4n) is 2.96. The number of benzene rings is 2. The molecule has 0 fully saturated rings. The van der Waals surface area contributed by atoms with E-state index in [0.717, 1.165) is 23.1 Å². The quantitative estimate of drug-likeness (QED) is 0.431. The highest BCUT2D eigenvalue weighted by Crippen LogP contribution is 2.14. The van der Waals surface area contributed by atoms with Crippen molar-refractivity contribution >= 4 is 17.0 Å². The van der Waals surface area contributed by atoms with E-state index in [-0.39, 0.29) is 42.7 Å². The smallest absolute Gasteiger partial charge is 0.348 e. The molecule has 3 rings (SSSR count). The zero-order chi connectivity index (χ0) is 16.9. The molecule has 0 bridgehead atoms. The number of aliphatic hydroxyl groups excluding tert-OH is 1. The Bertz CT molecular complexity index is 847. The average Bonchev–Trinajstić information content (AvgIpc) is 2.93. The van der Waals surface area contributed by atoms with Crippen LogP contribution in [-0.4, -0.2) is 15.6 Å². The fourth-order valence-corrected chi connectivity index (χ4v) is 2.96. The number of aliphatic hydroxyl groups is 1. The first-order chi connectivity index (χ1) is 11.7. The number of carbonyl (C=O) groups excluding carboxylic acids is 1. The highest BCUT2D eigenvalue weighted by Gasteiger charge is 2.25. The topological polar surface area (TPSA) is 55.3 Å². The third kappa shape index (κ3) is 4.08. The van der Waals surface area contributed by atoms with Crippen molar-refractivity contribution in [2.45, 2.75) is 33.2 Å². The highest BCUT2D eigenvalue weighted by molar-refractivity contribution is 5.74. The minimum atomic E-state index is -0.322. The fraction of sp³-hybridized carbons (Fsp3) is 0.263. The van der Waals surface area contributed by atoms with Crippen molar-refractivity contribution in [2.24, 2.45) is 0 Å². The van der Waals surface area contributed by atoms with Crippen LogP contribution in [0.1, 0.15) is 18.3 Å². The molecule has 0 spiro atoms. The zero-order valence-electron chi connectivity index (χ0n) is 14.1. The van der Waals surface area contributed by atoms with Crippen LogP contribution in [-0.2, 0) is 35.8 Å². The van der Waals surface area contributed by atoms with Gasteiger partial charge >= 0.3 is 5.97 Å². The highest BCUT2D eigenvalue weighted by atomic mass is 79.9. The molecule has 3 aromatic rings. The maximum absolute atomic E-state index is 12.3. The van der Waals surface area contributed by atoms with E-state index in [4.69, 9.17) is 4.74 Å². The third-order valence-electron chi connectivity index (χ3n) is 4.07. The number of imidazole rings is 1. The summed E-state index contributed by atoms with van der Waals surface area (Å²) in [5.74, 6) is 0.382. The van der Waals surface area contributed by atoms with Gasteiger partial charge in [-0.2, -0.15) is 0 Å². The van der Waals surface area contributed by atoms with Gasteiger partial charge in [-0.15, -0.1) is 0 Å². The van der Waals surface area contributed by atoms with Gasteiger partial charge in [0.1, 0.15) is 13.2 Å². The van der Waals surface area contributed by atoms with E-state index >= 15 is 0 Å². The summed E-state index contributed by atoms with van der Waals surface area (Å²) in [5, 5.41) is 9.76. The van der Waals surface area contributed by atoms with Crippen LogP contribution in [0, 0.1) is 0 Å². The molecule has 0 saturated heterocycles. The number of nitrogens with zero attached hydrogens (tertiary/aromatic N) is 2. The summed E-state index contributed by atoms with van der Waals surface area (Å²) < 4.78 is 9.21. The number of hydrogen-bond donors (Lipinski definition) is 1. The van der Waals surface area contributed by atoms with Crippen LogP contribution in [0.25, 0.3) is 11.0 Å². The van der Waals surface area contributed by atoms with Crippen molar-refractivity contribution in [1.29, 1.82) is 0 Å². The van der Waals surface area contributed by atoms with E-state index in [1.54, 1.807) is 0 Å². The Morgan fingerprint density at radius 3 is 2.48 bits per heavy atom. The predicted octanol–water partition coefficient (Wildman–Crippen LogP) is -0.812. The number of halogens is 1. The van der Waals surface area contributed by atoms with Crippen molar-refractivity contribution < 1.29 is 36.2 Å². The summed E-state index contributed by atoms with van der Waals surface area (Å²) in [7, 11) is 0. The van der Waals surface area contributed by atoms with Gasteiger partial charge in [-0.05, 0) is 24.6 Å². The number of para-hydroxylation sites is 2. The van der Waals surface area contributed by atoms with Crippen molar-refractivity contribution in [2.75, 3.05) is 0 Å². The SMILES string of the molecule is CCn1c(CO)[n+](CC(=O)OCc2ccccc2)c2ccccc21.[Br-]. The van der Waals surface area contributed by atoms with E-state index < -0.39 is 0 Å². The van der Waals surface area contributed by atoms with E-state index in [1.807, 2.05) is 70.7 Å². The van der Waals surface area contributed by atoms with Gasteiger partial charge in [-0.25, -0.2) is 13.9 Å². The van der Waals surface area contributed by atoms with Crippen molar-refractivity contribution in [1.82, 2.24) is 4.57 Å². The first-order valence-electron chi connectivity index (χ1n) is 8.05. The molecule has 0 aliphatic heterocycles. The standard InChI is InChI=1S/C19H21N2O3.BrH/c1-2-20-16-10-6-7-11-17(16)21(18(20)13-22)12-19(23)24-14-15-8-4-3-5-9-15;/h3-11,22H,2,12-14H2,1H3;1H/q+1;/p-1. The molecule has 6 heteroatoms. The summed E-state index contributed by atoms with van der Waals surface area (Å²) in [6.07, 6.45) is 0. The Labute approximate surface area is 157 Å². The summed E-state index contributed by atoms with van der Waals surface area (Å²) in [5.41, 5.74) is 2.87. The molecular formula is C19H21BrN2O3. The Balaban J connectivity index is 0.00000225. The average molecular weight is 405 g/mol. The monoisotopic (exact) mass is 404 g/mol. The van der Waals surface area contributed by atoms with Gasteiger partial charge in [0.2, 0.25) is 0 Å². The number of esters is 1. The first kappa shape index (κ1) is 19.1. The molecule has 1 N–H and O–H groups in total.